The molecule has 0 unspecified atom stereocenters. The number of hydrogen-bond donors (Lipinski definition) is 1. The van der Waals surface area contributed by atoms with E-state index < -0.39 is 11.6 Å². The lowest BCUT2D eigenvalue weighted by atomic mass is 10.2. The molecule has 2 aromatic heterocycles. The quantitative estimate of drug-likeness (QED) is 0.803. The molecule has 0 aliphatic rings. The van der Waals surface area contributed by atoms with E-state index in [0.29, 0.717) is 23.1 Å². The van der Waals surface area contributed by atoms with Gasteiger partial charge in [-0.3, -0.25) is 0 Å². The number of aromatic nitrogens is 3. The summed E-state index contributed by atoms with van der Waals surface area (Å²) in [6.45, 7) is 0. The van der Waals surface area contributed by atoms with Crippen molar-refractivity contribution in [3.8, 4) is 11.4 Å². The monoisotopic (exact) mass is 294 g/mol. The predicted octanol–water partition coefficient (Wildman–Crippen LogP) is 2.64. The second-order valence-electron chi connectivity index (χ2n) is 4.02. The van der Waals surface area contributed by atoms with Crippen molar-refractivity contribution in [3.05, 3.63) is 46.8 Å². The first-order chi connectivity index (χ1) is 9.60. The van der Waals surface area contributed by atoms with Crippen molar-refractivity contribution < 1.29 is 13.3 Å². The Bertz CT molecular complexity index is 735. The smallest absolute Gasteiger partial charge is 0.233 e. The van der Waals surface area contributed by atoms with Crippen LogP contribution in [0.15, 0.2) is 28.1 Å². The second-order valence-corrected chi connectivity index (χ2v) is 4.91. The van der Waals surface area contributed by atoms with E-state index in [1.54, 1.807) is 5.38 Å². The fourth-order valence-electron chi connectivity index (χ4n) is 1.69. The third-order valence-corrected chi connectivity index (χ3v) is 3.21. The fraction of sp³-hybridized carbons (Fsp3) is 0.0833. The van der Waals surface area contributed by atoms with Gasteiger partial charge >= 0.3 is 0 Å². The van der Waals surface area contributed by atoms with Crippen LogP contribution in [0.25, 0.3) is 11.4 Å². The molecule has 0 aliphatic heterocycles. The number of rotatable bonds is 3. The number of hydrogen-bond acceptors (Lipinski definition) is 6. The van der Waals surface area contributed by atoms with E-state index in [2.05, 4.69) is 15.1 Å². The van der Waals surface area contributed by atoms with Crippen molar-refractivity contribution in [1.82, 2.24) is 15.1 Å². The maximum absolute atomic E-state index is 13.1. The normalized spacial score (nSPS) is 10.9. The molecule has 3 aromatic rings. The third kappa shape index (κ3) is 2.64. The van der Waals surface area contributed by atoms with Crippen LogP contribution in [0.5, 0.6) is 0 Å². The van der Waals surface area contributed by atoms with Crippen LogP contribution in [0.2, 0.25) is 0 Å². The second kappa shape index (κ2) is 4.97. The summed E-state index contributed by atoms with van der Waals surface area (Å²) in [5.41, 5.74) is 6.44. The average Bonchev–Trinajstić information content (AvgIpc) is 2.98. The molecule has 2 N–H and O–H groups in total. The Morgan fingerprint density at radius 2 is 1.90 bits per heavy atom. The Balaban J connectivity index is 1.86. The van der Waals surface area contributed by atoms with Gasteiger partial charge in [0.1, 0.15) is 11.6 Å². The molecule has 2 heterocycles. The molecular weight excluding hydrogens is 286 g/mol. The van der Waals surface area contributed by atoms with Crippen molar-refractivity contribution in [1.29, 1.82) is 0 Å². The van der Waals surface area contributed by atoms with Crippen LogP contribution in [0.1, 0.15) is 11.6 Å². The van der Waals surface area contributed by atoms with E-state index in [-0.39, 0.29) is 11.4 Å². The van der Waals surface area contributed by atoms with Crippen molar-refractivity contribution in [2.45, 2.75) is 6.42 Å². The molecule has 0 atom stereocenters. The van der Waals surface area contributed by atoms with E-state index in [9.17, 15) is 8.78 Å². The van der Waals surface area contributed by atoms with Crippen molar-refractivity contribution >= 4 is 16.5 Å². The first kappa shape index (κ1) is 12.7. The third-order valence-electron chi connectivity index (χ3n) is 2.49. The SMILES string of the molecule is Nc1nc(Cc2nc(-c3cc(F)cc(F)c3)no2)cs1. The van der Waals surface area contributed by atoms with Crippen LogP contribution in [-0.2, 0) is 6.42 Å². The minimum Gasteiger partial charge on any atom is -0.375 e. The Labute approximate surface area is 116 Å². The van der Waals surface area contributed by atoms with Crippen molar-refractivity contribution in [2.75, 3.05) is 5.73 Å². The topological polar surface area (TPSA) is 77.8 Å². The van der Waals surface area contributed by atoms with Gasteiger partial charge in [0.2, 0.25) is 11.7 Å². The maximum Gasteiger partial charge on any atom is 0.233 e. The molecule has 3 rings (SSSR count). The summed E-state index contributed by atoms with van der Waals surface area (Å²) < 4.78 is 31.3. The summed E-state index contributed by atoms with van der Waals surface area (Å²) in [6.07, 6.45) is 0.318. The highest BCUT2D eigenvalue weighted by Crippen LogP contribution is 2.20. The lowest BCUT2D eigenvalue weighted by Crippen LogP contribution is -1.91. The maximum atomic E-state index is 13.1. The lowest BCUT2D eigenvalue weighted by molar-refractivity contribution is 0.385. The van der Waals surface area contributed by atoms with Crippen LogP contribution in [0, 0.1) is 11.6 Å². The summed E-state index contributed by atoms with van der Waals surface area (Å²) in [7, 11) is 0. The minimum atomic E-state index is -0.696. The molecule has 102 valence electrons. The van der Waals surface area contributed by atoms with Gasteiger partial charge in [-0.2, -0.15) is 4.98 Å². The fourth-order valence-corrected chi connectivity index (χ4v) is 2.25. The molecule has 0 saturated heterocycles. The Morgan fingerprint density at radius 1 is 1.15 bits per heavy atom. The molecule has 1 aromatic carbocycles. The number of halogens is 2. The molecule has 0 aliphatic carbocycles. The number of benzene rings is 1. The molecule has 0 fully saturated rings. The summed E-state index contributed by atoms with van der Waals surface area (Å²) in [5.74, 6) is -0.964. The number of thiazole rings is 1. The highest BCUT2D eigenvalue weighted by Gasteiger charge is 2.12. The summed E-state index contributed by atoms with van der Waals surface area (Å²) in [5, 5.41) is 5.93. The van der Waals surface area contributed by atoms with Crippen LogP contribution >= 0.6 is 11.3 Å². The average molecular weight is 294 g/mol. The van der Waals surface area contributed by atoms with Gasteiger partial charge in [0.25, 0.3) is 0 Å². The summed E-state index contributed by atoms with van der Waals surface area (Å²) in [6, 6.07) is 3.06. The molecule has 0 radical (unpaired) electrons. The highest BCUT2D eigenvalue weighted by molar-refractivity contribution is 7.13. The van der Waals surface area contributed by atoms with Gasteiger partial charge in [-0.25, -0.2) is 13.8 Å². The molecule has 8 heteroatoms. The molecule has 0 saturated carbocycles. The lowest BCUT2D eigenvalue weighted by Gasteiger charge is -1.95. The van der Waals surface area contributed by atoms with E-state index in [1.165, 1.54) is 11.3 Å². The van der Waals surface area contributed by atoms with Gasteiger partial charge in [0.05, 0.1) is 12.1 Å². The van der Waals surface area contributed by atoms with Crippen LogP contribution in [0.4, 0.5) is 13.9 Å². The Kier molecular flexibility index (Phi) is 3.15. The van der Waals surface area contributed by atoms with Crippen LogP contribution < -0.4 is 5.73 Å². The minimum absolute atomic E-state index is 0.126. The predicted molar refractivity (Wildman–Crippen MR) is 69.0 cm³/mol. The van der Waals surface area contributed by atoms with E-state index >= 15 is 0 Å². The van der Waals surface area contributed by atoms with Crippen LogP contribution in [-0.4, -0.2) is 15.1 Å². The zero-order valence-corrected chi connectivity index (χ0v) is 10.8. The molecular formula is C12H8F2N4OS. The molecule has 20 heavy (non-hydrogen) atoms. The van der Waals surface area contributed by atoms with Crippen molar-refractivity contribution in [2.24, 2.45) is 0 Å². The standard InChI is InChI=1S/C12H8F2N4OS/c13-7-1-6(2-8(14)3-7)11-17-10(19-18-11)4-9-5-20-12(15)16-9/h1-3,5H,4H2,(H2,15,16). The van der Waals surface area contributed by atoms with E-state index in [4.69, 9.17) is 10.3 Å². The van der Waals surface area contributed by atoms with Crippen LogP contribution in [0.3, 0.4) is 0 Å². The summed E-state index contributed by atoms with van der Waals surface area (Å²) in [4.78, 5) is 8.14. The van der Waals surface area contributed by atoms with Gasteiger partial charge in [0, 0.05) is 17.0 Å². The number of nitrogens with zero attached hydrogens (tertiary/aromatic N) is 3. The Morgan fingerprint density at radius 3 is 2.55 bits per heavy atom. The molecule has 0 amide bonds. The zero-order chi connectivity index (χ0) is 14.1. The van der Waals surface area contributed by atoms with E-state index in [1.807, 2.05) is 0 Å². The van der Waals surface area contributed by atoms with Gasteiger partial charge in [-0.1, -0.05) is 5.16 Å². The largest absolute Gasteiger partial charge is 0.375 e. The first-order valence-electron chi connectivity index (χ1n) is 5.59. The zero-order valence-electron chi connectivity index (χ0n) is 10.0. The number of nitrogens with two attached hydrogens (primary N) is 1. The number of nitrogen functional groups attached to an aromatic ring is 1. The Hall–Kier alpha value is -2.35. The van der Waals surface area contributed by atoms with Gasteiger partial charge in [-0.15, -0.1) is 11.3 Å². The molecule has 0 bridgehead atoms. The van der Waals surface area contributed by atoms with Gasteiger partial charge in [-0.05, 0) is 12.1 Å². The van der Waals surface area contributed by atoms with Gasteiger partial charge in [0.15, 0.2) is 5.13 Å². The molecule has 5 nitrogen and oxygen atoms in total. The number of anilines is 1. The highest BCUT2D eigenvalue weighted by atomic mass is 32.1. The van der Waals surface area contributed by atoms with Gasteiger partial charge < -0.3 is 10.3 Å². The molecule has 0 spiro atoms. The van der Waals surface area contributed by atoms with E-state index in [0.717, 1.165) is 18.2 Å². The summed E-state index contributed by atoms with van der Waals surface area (Å²) >= 11 is 1.31. The van der Waals surface area contributed by atoms with Crippen molar-refractivity contribution in [3.63, 3.8) is 0 Å². The first-order valence-corrected chi connectivity index (χ1v) is 6.47.